The van der Waals surface area contributed by atoms with Crippen LogP contribution in [0.3, 0.4) is 0 Å². The van der Waals surface area contributed by atoms with E-state index in [1.54, 1.807) is 0 Å². The lowest BCUT2D eigenvalue weighted by molar-refractivity contribution is -0.137. The third kappa shape index (κ3) is 3.47. The molecule has 0 aliphatic carbocycles. The van der Waals surface area contributed by atoms with Crippen molar-refractivity contribution in [3.8, 4) is 0 Å². The second-order valence-corrected chi connectivity index (χ2v) is 5.29. The predicted octanol–water partition coefficient (Wildman–Crippen LogP) is 2.10. The minimum atomic E-state index is -4.50. The fourth-order valence-corrected chi connectivity index (χ4v) is 2.53. The third-order valence-corrected chi connectivity index (χ3v) is 3.75. The molecular weight excluding hydrogens is 283 g/mol. The van der Waals surface area contributed by atoms with Crippen molar-refractivity contribution in [3.05, 3.63) is 29.3 Å². The lowest BCUT2D eigenvalue weighted by atomic mass is 9.97. The number of benzene rings is 1. The van der Waals surface area contributed by atoms with E-state index in [2.05, 4.69) is 0 Å². The summed E-state index contributed by atoms with van der Waals surface area (Å²) in [5.74, 6) is -0.272. The summed E-state index contributed by atoms with van der Waals surface area (Å²) in [7, 11) is 0. The molecule has 1 atom stereocenters. The van der Waals surface area contributed by atoms with Crippen LogP contribution in [0.5, 0.6) is 0 Å². The summed E-state index contributed by atoms with van der Waals surface area (Å²) < 4.78 is 38.2. The number of nitrogens with zero attached hydrogens (tertiary/aromatic N) is 1. The number of carbonyl (C=O) groups excluding carboxylic acids is 1. The Morgan fingerprint density at radius 3 is 2.71 bits per heavy atom. The summed E-state index contributed by atoms with van der Waals surface area (Å²) in [6, 6.07) is 2.83. The summed E-state index contributed by atoms with van der Waals surface area (Å²) in [5.41, 5.74) is 10.4. The zero-order chi connectivity index (χ0) is 15.6. The zero-order valence-electron chi connectivity index (χ0n) is 11.5. The molecule has 4 nitrogen and oxygen atoms in total. The highest BCUT2D eigenvalue weighted by atomic mass is 19.4. The second kappa shape index (κ2) is 5.93. The molecule has 1 aliphatic rings. The Bertz CT molecular complexity index is 531. The SMILES string of the molecule is NCC1CCCN(C(=O)c2cc(C(F)(F)F)ccc2N)C1. The van der Waals surface area contributed by atoms with Crippen LogP contribution in [-0.4, -0.2) is 30.4 Å². The van der Waals surface area contributed by atoms with Gasteiger partial charge in [0.15, 0.2) is 0 Å². The minimum absolute atomic E-state index is 0.0582. The lowest BCUT2D eigenvalue weighted by Gasteiger charge is -2.32. The van der Waals surface area contributed by atoms with E-state index in [9.17, 15) is 18.0 Å². The number of alkyl halides is 3. The number of carbonyl (C=O) groups is 1. The van der Waals surface area contributed by atoms with Crippen molar-refractivity contribution in [3.63, 3.8) is 0 Å². The van der Waals surface area contributed by atoms with Gasteiger partial charge >= 0.3 is 6.18 Å². The average molecular weight is 301 g/mol. The maximum Gasteiger partial charge on any atom is 0.416 e. The van der Waals surface area contributed by atoms with Crippen molar-refractivity contribution in [2.24, 2.45) is 11.7 Å². The minimum Gasteiger partial charge on any atom is -0.398 e. The number of hydrogen-bond acceptors (Lipinski definition) is 3. The van der Waals surface area contributed by atoms with Gasteiger partial charge in [0.25, 0.3) is 5.91 Å². The van der Waals surface area contributed by atoms with Gasteiger partial charge in [-0.2, -0.15) is 13.2 Å². The van der Waals surface area contributed by atoms with Crippen molar-refractivity contribution in [2.75, 3.05) is 25.4 Å². The molecule has 1 amide bonds. The van der Waals surface area contributed by atoms with Gasteiger partial charge in [-0.25, -0.2) is 0 Å². The van der Waals surface area contributed by atoms with E-state index in [0.717, 1.165) is 31.0 Å². The summed E-state index contributed by atoms with van der Waals surface area (Å²) in [6.45, 7) is 1.44. The van der Waals surface area contributed by atoms with Gasteiger partial charge in [-0.15, -0.1) is 0 Å². The molecule has 0 bridgehead atoms. The van der Waals surface area contributed by atoms with Crippen LogP contribution in [-0.2, 0) is 6.18 Å². The van der Waals surface area contributed by atoms with Gasteiger partial charge in [0.2, 0.25) is 0 Å². The standard InChI is InChI=1S/C14H18F3N3O/c15-14(16,17)10-3-4-12(19)11(6-10)13(21)20-5-1-2-9(7-18)8-20/h3-4,6,9H,1-2,5,7-8,18-19H2. The predicted molar refractivity (Wildman–Crippen MR) is 73.5 cm³/mol. The van der Waals surface area contributed by atoms with Gasteiger partial charge in [-0.05, 0) is 43.5 Å². The fraction of sp³-hybridized carbons (Fsp3) is 0.500. The third-order valence-electron chi connectivity index (χ3n) is 3.75. The van der Waals surface area contributed by atoms with Crippen LogP contribution in [0.15, 0.2) is 18.2 Å². The average Bonchev–Trinajstić information content (AvgIpc) is 2.46. The molecular formula is C14H18F3N3O. The van der Waals surface area contributed by atoms with E-state index in [-0.39, 0.29) is 17.2 Å². The molecule has 0 aromatic heterocycles. The molecule has 1 unspecified atom stereocenters. The van der Waals surface area contributed by atoms with Gasteiger partial charge < -0.3 is 16.4 Å². The van der Waals surface area contributed by atoms with E-state index >= 15 is 0 Å². The fourth-order valence-electron chi connectivity index (χ4n) is 2.53. The van der Waals surface area contributed by atoms with E-state index in [1.807, 2.05) is 0 Å². The smallest absolute Gasteiger partial charge is 0.398 e. The van der Waals surface area contributed by atoms with Gasteiger partial charge in [0.05, 0.1) is 11.1 Å². The molecule has 1 aromatic rings. The number of anilines is 1. The number of piperidine rings is 1. The second-order valence-electron chi connectivity index (χ2n) is 5.29. The first-order chi connectivity index (χ1) is 9.82. The summed E-state index contributed by atoms with van der Waals surface area (Å²) >= 11 is 0. The molecule has 0 spiro atoms. The number of nitrogen functional groups attached to an aromatic ring is 1. The van der Waals surface area contributed by atoms with Gasteiger partial charge in [-0.3, -0.25) is 4.79 Å². The molecule has 4 N–H and O–H groups in total. The molecule has 21 heavy (non-hydrogen) atoms. The van der Waals surface area contributed by atoms with Gasteiger partial charge in [-0.1, -0.05) is 0 Å². The normalized spacial score (nSPS) is 19.6. The van der Waals surface area contributed by atoms with Crippen LogP contribution in [0.2, 0.25) is 0 Å². The molecule has 7 heteroatoms. The summed E-state index contributed by atoms with van der Waals surface area (Å²) in [4.78, 5) is 13.9. The van der Waals surface area contributed by atoms with Gasteiger partial charge in [0.1, 0.15) is 0 Å². The molecule has 1 heterocycles. The van der Waals surface area contributed by atoms with Crippen LogP contribution in [0.1, 0.15) is 28.8 Å². The van der Waals surface area contributed by atoms with Crippen molar-refractivity contribution >= 4 is 11.6 Å². The van der Waals surface area contributed by atoms with Crippen LogP contribution in [0.25, 0.3) is 0 Å². The maximum atomic E-state index is 12.7. The Hall–Kier alpha value is -1.76. The number of nitrogens with two attached hydrogens (primary N) is 2. The van der Waals surface area contributed by atoms with E-state index in [4.69, 9.17) is 11.5 Å². The molecule has 1 aromatic carbocycles. The van der Waals surface area contributed by atoms with Crippen LogP contribution in [0.4, 0.5) is 18.9 Å². The Balaban J connectivity index is 2.26. The van der Waals surface area contributed by atoms with E-state index in [0.29, 0.717) is 19.6 Å². The molecule has 116 valence electrons. The number of likely N-dealkylation sites (tertiary alicyclic amines) is 1. The molecule has 0 saturated carbocycles. The van der Waals surface area contributed by atoms with Crippen LogP contribution in [0, 0.1) is 5.92 Å². The van der Waals surface area contributed by atoms with E-state index < -0.39 is 17.6 Å². The largest absolute Gasteiger partial charge is 0.416 e. The molecule has 0 radical (unpaired) electrons. The molecule has 1 saturated heterocycles. The number of amides is 1. The monoisotopic (exact) mass is 301 g/mol. The van der Waals surface area contributed by atoms with Crippen molar-refractivity contribution in [1.82, 2.24) is 4.90 Å². The quantitative estimate of drug-likeness (QED) is 0.822. The first kappa shape index (κ1) is 15.6. The molecule has 1 aliphatic heterocycles. The van der Waals surface area contributed by atoms with Gasteiger partial charge in [0, 0.05) is 18.8 Å². The maximum absolute atomic E-state index is 12.7. The highest BCUT2D eigenvalue weighted by Gasteiger charge is 2.32. The first-order valence-electron chi connectivity index (χ1n) is 6.79. The van der Waals surface area contributed by atoms with Crippen molar-refractivity contribution < 1.29 is 18.0 Å². The highest BCUT2D eigenvalue weighted by Crippen LogP contribution is 2.32. The zero-order valence-corrected chi connectivity index (χ0v) is 11.5. The summed E-state index contributed by atoms with van der Waals surface area (Å²) in [6.07, 6.45) is -2.77. The Labute approximate surface area is 120 Å². The van der Waals surface area contributed by atoms with Crippen molar-refractivity contribution in [2.45, 2.75) is 19.0 Å². The number of rotatable bonds is 2. The summed E-state index contributed by atoms with van der Waals surface area (Å²) in [5, 5.41) is 0. The Morgan fingerprint density at radius 1 is 1.38 bits per heavy atom. The number of hydrogen-bond donors (Lipinski definition) is 2. The lowest BCUT2D eigenvalue weighted by Crippen LogP contribution is -2.42. The Morgan fingerprint density at radius 2 is 2.10 bits per heavy atom. The van der Waals surface area contributed by atoms with E-state index in [1.165, 1.54) is 4.90 Å². The number of halogens is 3. The highest BCUT2D eigenvalue weighted by molar-refractivity contribution is 5.99. The Kier molecular flexibility index (Phi) is 4.41. The first-order valence-corrected chi connectivity index (χ1v) is 6.79. The molecule has 2 rings (SSSR count). The topological polar surface area (TPSA) is 72.3 Å². The van der Waals surface area contributed by atoms with Crippen LogP contribution < -0.4 is 11.5 Å². The van der Waals surface area contributed by atoms with Crippen LogP contribution >= 0.6 is 0 Å². The van der Waals surface area contributed by atoms with Crippen molar-refractivity contribution in [1.29, 1.82) is 0 Å². The molecule has 1 fully saturated rings.